The normalized spacial score (nSPS) is 15.3. The summed E-state index contributed by atoms with van der Waals surface area (Å²) in [6.07, 6.45) is 2.38. The van der Waals surface area contributed by atoms with Crippen LogP contribution in [0.3, 0.4) is 0 Å². The van der Waals surface area contributed by atoms with Crippen LogP contribution in [0.15, 0.2) is 108 Å². The Bertz CT molecular complexity index is 2760. The molecule has 0 aliphatic heterocycles. The monoisotopic (exact) mass is 709 g/mol. The second kappa shape index (κ2) is 12.2. The van der Waals surface area contributed by atoms with Crippen LogP contribution in [0.5, 0.6) is 0 Å². The zero-order valence-electron chi connectivity index (χ0n) is 33.7. The summed E-state index contributed by atoms with van der Waals surface area (Å²) in [6, 6.07) is 38.6. The van der Waals surface area contributed by atoms with Gasteiger partial charge in [0, 0.05) is 21.9 Å². The molecule has 0 radical (unpaired) electrons. The lowest BCUT2D eigenvalue weighted by molar-refractivity contribution is -0.633. The van der Waals surface area contributed by atoms with Crippen molar-refractivity contribution in [1.82, 2.24) is 4.57 Å². The summed E-state index contributed by atoms with van der Waals surface area (Å²) in [7, 11) is 2.22. The first-order valence-electron chi connectivity index (χ1n) is 19.9. The van der Waals surface area contributed by atoms with Crippen LogP contribution in [-0.4, -0.2) is 4.57 Å². The number of hydrogen-bond donors (Lipinski definition) is 0. The van der Waals surface area contributed by atoms with Gasteiger partial charge < -0.3 is 4.42 Å². The molecule has 8 aromatic rings. The van der Waals surface area contributed by atoms with E-state index >= 15 is 0 Å². The highest BCUT2D eigenvalue weighted by molar-refractivity contribution is 6.14. The Morgan fingerprint density at radius 3 is 2.04 bits per heavy atom. The number of nitrogens with zero attached hydrogens (tertiary/aromatic N) is 2. The number of para-hydroxylation sites is 2. The van der Waals surface area contributed by atoms with Crippen molar-refractivity contribution >= 4 is 43.7 Å². The summed E-state index contributed by atoms with van der Waals surface area (Å²) in [5.41, 5.74) is 16.3. The number of hydrogen-bond acceptors (Lipinski definition) is 1. The van der Waals surface area contributed by atoms with Crippen LogP contribution in [0.2, 0.25) is 0 Å². The number of imidazole rings is 1. The molecule has 272 valence electrons. The van der Waals surface area contributed by atoms with Crippen LogP contribution in [0.25, 0.3) is 71.9 Å². The van der Waals surface area contributed by atoms with Gasteiger partial charge in [-0.05, 0) is 117 Å². The van der Waals surface area contributed by atoms with Crippen molar-refractivity contribution in [2.75, 3.05) is 0 Å². The fourth-order valence-electron chi connectivity index (χ4n) is 9.65. The maximum absolute atomic E-state index is 7.19. The minimum atomic E-state index is 0.0960. The lowest BCUT2D eigenvalue weighted by atomic mass is 9.62. The third kappa shape index (κ3) is 5.11. The molecule has 0 spiro atoms. The van der Waals surface area contributed by atoms with Gasteiger partial charge >= 0.3 is 0 Å². The SMILES string of the molecule is Cc1ccc2c(oc3cc4c5c(ccc4cc32)C(C)(C)CCC5(C)C)c1-c1n(-c2c(C(C)C)cc(-c3ccccc3)cc2C(C)C)c2ccccc2[n+]1C. The van der Waals surface area contributed by atoms with Gasteiger partial charge in [-0.25, -0.2) is 4.57 Å². The highest BCUT2D eigenvalue weighted by atomic mass is 16.3. The quantitative estimate of drug-likeness (QED) is 0.163. The summed E-state index contributed by atoms with van der Waals surface area (Å²) < 4.78 is 12.1. The zero-order valence-corrected chi connectivity index (χ0v) is 33.7. The first-order chi connectivity index (χ1) is 25.8. The van der Waals surface area contributed by atoms with E-state index in [-0.39, 0.29) is 10.8 Å². The van der Waals surface area contributed by atoms with Gasteiger partial charge in [-0.1, -0.05) is 122 Å². The molecule has 2 aromatic heterocycles. The number of aromatic nitrogens is 2. The predicted octanol–water partition coefficient (Wildman–Crippen LogP) is 13.7. The van der Waals surface area contributed by atoms with E-state index < -0.39 is 0 Å². The molecule has 3 heteroatoms. The van der Waals surface area contributed by atoms with E-state index in [1.54, 1.807) is 0 Å². The van der Waals surface area contributed by atoms with Crippen LogP contribution < -0.4 is 4.57 Å². The third-order valence-corrected chi connectivity index (χ3v) is 12.7. The summed E-state index contributed by atoms with van der Waals surface area (Å²) in [6.45, 7) is 21.2. The number of furan rings is 1. The molecule has 3 nitrogen and oxygen atoms in total. The molecule has 0 saturated heterocycles. The topological polar surface area (TPSA) is 21.9 Å². The standard InChI is InChI=1S/C51H53N2O/c1-30(2)37-27-35(33-16-12-11-13-17-33)28-38(31(3)4)47(37)53-43-19-15-14-18-42(43)52(10)49(53)45-32(5)20-22-36-40-26-34-21-23-41-46(39(34)29-44(40)54-48(36)45)51(8,9)25-24-50(41,6)7/h11-23,26-31H,24-25H2,1-10H3/q+1. The lowest BCUT2D eigenvalue weighted by Crippen LogP contribution is -2.34. The molecule has 0 amide bonds. The average Bonchev–Trinajstić information content (AvgIpc) is 3.65. The lowest BCUT2D eigenvalue weighted by Gasteiger charge is -2.42. The minimum absolute atomic E-state index is 0.0960. The van der Waals surface area contributed by atoms with E-state index in [2.05, 4.69) is 182 Å². The Balaban J connectivity index is 1.38. The molecule has 6 aromatic carbocycles. The second-order valence-corrected chi connectivity index (χ2v) is 17.9. The minimum Gasteiger partial charge on any atom is -0.455 e. The molecule has 0 saturated carbocycles. The van der Waals surface area contributed by atoms with E-state index in [4.69, 9.17) is 4.42 Å². The molecule has 54 heavy (non-hydrogen) atoms. The van der Waals surface area contributed by atoms with Gasteiger partial charge in [-0.15, -0.1) is 0 Å². The largest absolute Gasteiger partial charge is 0.455 e. The van der Waals surface area contributed by atoms with Crippen molar-refractivity contribution < 1.29 is 8.98 Å². The van der Waals surface area contributed by atoms with Crippen molar-refractivity contribution in [3.8, 4) is 28.2 Å². The van der Waals surface area contributed by atoms with Crippen molar-refractivity contribution in [2.24, 2.45) is 7.05 Å². The maximum atomic E-state index is 7.19. The van der Waals surface area contributed by atoms with Gasteiger partial charge in [0.1, 0.15) is 16.8 Å². The number of fused-ring (bicyclic) bond motifs is 7. The molecule has 9 rings (SSSR count). The molecule has 1 aliphatic carbocycles. The van der Waals surface area contributed by atoms with Gasteiger partial charge in [-0.3, -0.25) is 0 Å². The first kappa shape index (κ1) is 34.6. The van der Waals surface area contributed by atoms with Crippen molar-refractivity contribution in [3.63, 3.8) is 0 Å². The summed E-state index contributed by atoms with van der Waals surface area (Å²) in [4.78, 5) is 0. The van der Waals surface area contributed by atoms with E-state index in [0.717, 1.165) is 27.9 Å². The Hall–Kier alpha value is -5.15. The van der Waals surface area contributed by atoms with Crippen molar-refractivity contribution in [3.05, 3.63) is 131 Å². The van der Waals surface area contributed by atoms with E-state index in [0.29, 0.717) is 11.8 Å². The number of aryl methyl sites for hydroxylation is 2. The summed E-state index contributed by atoms with van der Waals surface area (Å²) in [5, 5.41) is 4.96. The number of benzene rings is 6. The van der Waals surface area contributed by atoms with Crippen LogP contribution in [0.1, 0.15) is 108 Å². The Morgan fingerprint density at radius 2 is 1.33 bits per heavy atom. The predicted molar refractivity (Wildman–Crippen MR) is 228 cm³/mol. The smallest absolute Gasteiger partial charge is 0.299 e. The van der Waals surface area contributed by atoms with Crippen LogP contribution in [0, 0.1) is 6.92 Å². The Morgan fingerprint density at radius 1 is 0.667 bits per heavy atom. The molecule has 0 fully saturated rings. The summed E-state index contributed by atoms with van der Waals surface area (Å²) in [5.74, 6) is 1.74. The fourth-order valence-corrected chi connectivity index (χ4v) is 9.65. The molecule has 1 aliphatic rings. The molecule has 0 bridgehead atoms. The summed E-state index contributed by atoms with van der Waals surface area (Å²) >= 11 is 0. The molecular formula is C51H53N2O+. The van der Waals surface area contributed by atoms with E-state index in [1.807, 2.05) is 0 Å². The average molecular weight is 710 g/mol. The first-order valence-corrected chi connectivity index (χ1v) is 19.9. The van der Waals surface area contributed by atoms with E-state index in [1.165, 1.54) is 84.7 Å². The second-order valence-electron chi connectivity index (χ2n) is 17.9. The molecule has 0 N–H and O–H groups in total. The Labute approximate surface area is 320 Å². The van der Waals surface area contributed by atoms with Crippen molar-refractivity contribution in [2.45, 2.75) is 97.8 Å². The molecule has 2 heterocycles. The molecule has 0 unspecified atom stereocenters. The highest BCUT2D eigenvalue weighted by Gasteiger charge is 2.39. The van der Waals surface area contributed by atoms with Crippen LogP contribution in [-0.2, 0) is 17.9 Å². The highest BCUT2D eigenvalue weighted by Crippen LogP contribution is 2.50. The molecule has 0 atom stereocenters. The van der Waals surface area contributed by atoms with Crippen LogP contribution >= 0.6 is 0 Å². The van der Waals surface area contributed by atoms with Crippen molar-refractivity contribution in [1.29, 1.82) is 0 Å². The fraction of sp³-hybridized carbons (Fsp3) is 0.314. The molecular weight excluding hydrogens is 657 g/mol. The van der Waals surface area contributed by atoms with E-state index in [9.17, 15) is 0 Å². The maximum Gasteiger partial charge on any atom is 0.299 e. The number of rotatable bonds is 5. The zero-order chi connectivity index (χ0) is 37.8. The Kier molecular flexibility index (Phi) is 7.81. The van der Waals surface area contributed by atoms with Crippen LogP contribution in [0.4, 0.5) is 0 Å². The van der Waals surface area contributed by atoms with Gasteiger partial charge in [0.25, 0.3) is 5.82 Å². The van der Waals surface area contributed by atoms with Gasteiger partial charge in [-0.2, -0.15) is 4.57 Å². The van der Waals surface area contributed by atoms with Gasteiger partial charge in [0.05, 0.1) is 7.05 Å². The van der Waals surface area contributed by atoms with Gasteiger partial charge in [0.2, 0.25) is 0 Å². The van der Waals surface area contributed by atoms with Gasteiger partial charge in [0.15, 0.2) is 16.6 Å². The third-order valence-electron chi connectivity index (χ3n) is 12.7.